The van der Waals surface area contributed by atoms with Crippen molar-refractivity contribution in [1.82, 2.24) is 15.1 Å². The summed E-state index contributed by atoms with van der Waals surface area (Å²) < 4.78 is 7.62. The second-order valence-corrected chi connectivity index (χ2v) is 5.06. The molecule has 19 heavy (non-hydrogen) atoms. The van der Waals surface area contributed by atoms with Gasteiger partial charge in [-0.05, 0) is 46.8 Å². The molecule has 4 heteroatoms. The van der Waals surface area contributed by atoms with Crippen molar-refractivity contribution in [3.05, 3.63) is 40.6 Å². The molecule has 1 N–H and O–H groups in total. The molecule has 0 aliphatic heterocycles. The Hall–Kier alpha value is -1.55. The third-order valence-corrected chi connectivity index (χ3v) is 3.42. The molecule has 0 radical (unpaired) electrons. The van der Waals surface area contributed by atoms with Crippen LogP contribution >= 0.6 is 0 Å². The van der Waals surface area contributed by atoms with Crippen molar-refractivity contribution in [2.75, 3.05) is 0 Å². The Bertz CT molecular complexity index is 554. The van der Waals surface area contributed by atoms with Crippen LogP contribution in [-0.4, -0.2) is 9.78 Å². The van der Waals surface area contributed by atoms with Gasteiger partial charge in [0.25, 0.3) is 0 Å². The summed E-state index contributed by atoms with van der Waals surface area (Å²) in [5.74, 6) is 1.97. The molecule has 0 saturated carbocycles. The first-order valence-electron chi connectivity index (χ1n) is 6.85. The van der Waals surface area contributed by atoms with Gasteiger partial charge in [-0.1, -0.05) is 0 Å². The van der Waals surface area contributed by atoms with E-state index in [9.17, 15) is 0 Å². The first kappa shape index (κ1) is 13.9. The normalized spacial score (nSPS) is 12.9. The Kier molecular flexibility index (Phi) is 4.10. The molecule has 104 valence electrons. The second-order valence-electron chi connectivity index (χ2n) is 5.06. The van der Waals surface area contributed by atoms with Crippen LogP contribution < -0.4 is 5.32 Å². The Morgan fingerprint density at radius 1 is 1.32 bits per heavy atom. The third-order valence-electron chi connectivity index (χ3n) is 3.42. The average molecular weight is 261 g/mol. The number of aryl methyl sites for hydroxylation is 4. The minimum Gasteiger partial charge on any atom is -0.466 e. The summed E-state index contributed by atoms with van der Waals surface area (Å²) in [6.45, 7) is 12.0. The number of hydrogen-bond donors (Lipinski definition) is 1. The fourth-order valence-corrected chi connectivity index (χ4v) is 2.46. The second kappa shape index (κ2) is 5.61. The summed E-state index contributed by atoms with van der Waals surface area (Å²) in [6, 6.07) is 4.52. The third kappa shape index (κ3) is 3.07. The molecule has 0 aliphatic rings. The van der Waals surface area contributed by atoms with E-state index in [2.05, 4.69) is 36.4 Å². The maximum absolute atomic E-state index is 5.58. The maximum Gasteiger partial charge on any atom is 0.105 e. The van der Waals surface area contributed by atoms with Crippen LogP contribution in [-0.2, 0) is 13.1 Å². The molecule has 1 atom stereocenters. The lowest BCUT2D eigenvalue weighted by Crippen LogP contribution is -2.20. The lowest BCUT2D eigenvalue weighted by molar-refractivity contribution is 0.485. The molecule has 0 aliphatic carbocycles. The van der Waals surface area contributed by atoms with E-state index in [0.717, 1.165) is 30.3 Å². The Morgan fingerprint density at radius 3 is 2.63 bits per heavy atom. The van der Waals surface area contributed by atoms with Crippen LogP contribution in [0.5, 0.6) is 0 Å². The van der Waals surface area contributed by atoms with Gasteiger partial charge in [0.15, 0.2) is 0 Å². The predicted molar refractivity (Wildman–Crippen MR) is 76.1 cm³/mol. The fourth-order valence-electron chi connectivity index (χ4n) is 2.46. The fraction of sp³-hybridized carbons (Fsp3) is 0.533. The molecule has 2 rings (SSSR count). The Morgan fingerprint density at radius 2 is 2.05 bits per heavy atom. The van der Waals surface area contributed by atoms with Crippen molar-refractivity contribution in [3.63, 3.8) is 0 Å². The first-order valence-corrected chi connectivity index (χ1v) is 6.85. The zero-order valence-corrected chi connectivity index (χ0v) is 12.4. The smallest absolute Gasteiger partial charge is 0.105 e. The molecular formula is C15H23N3O. The Balaban J connectivity index is 2.04. The number of rotatable bonds is 5. The molecule has 0 aromatic carbocycles. The van der Waals surface area contributed by atoms with Crippen LogP contribution in [0.1, 0.15) is 48.4 Å². The lowest BCUT2D eigenvalue weighted by Gasteiger charge is -2.13. The van der Waals surface area contributed by atoms with E-state index in [1.165, 1.54) is 11.3 Å². The number of aromatic nitrogens is 2. The van der Waals surface area contributed by atoms with Crippen LogP contribution in [0.2, 0.25) is 0 Å². The summed E-state index contributed by atoms with van der Waals surface area (Å²) in [5.41, 5.74) is 3.53. The molecule has 0 fully saturated rings. The van der Waals surface area contributed by atoms with Crippen molar-refractivity contribution < 1.29 is 4.42 Å². The van der Waals surface area contributed by atoms with Crippen LogP contribution in [0.4, 0.5) is 0 Å². The molecule has 2 heterocycles. The largest absolute Gasteiger partial charge is 0.466 e. The van der Waals surface area contributed by atoms with E-state index >= 15 is 0 Å². The van der Waals surface area contributed by atoms with E-state index < -0.39 is 0 Å². The van der Waals surface area contributed by atoms with Crippen molar-refractivity contribution in [3.8, 4) is 0 Å². The van der Waals surface area contributed by atoms with E-state index in [-0.39, 0.29) is 6.04 Å². The highest BCUT2D eigenvalue weighted by atomic mass is 16.3. The zero-order chi connectivity index (χ0) is 14.0. The van der Waals surface area contributed by atoms with Gasteiger partial charge in [-0.2, -0.15) is 5.10 Å². The molecule has 0 spiro atoms. The highest BCUT2D eigenvalue weighted by Gasteiger charge is 2.13. The number of nitrogens with zero attached hydrogens (tertiary/aromatic N) is 2. The molecular weight excluding hydrogens is 238 g/mol. The minimum atomic E-state index is 0.276. The van der Waals surface area contributed by atoms with Gasteiger partial charge in [-0.15, -0.1) is 0 Å². The van der Waals surface area contributed by atoms with Crippen molar-refractivity contribution in [2.45, 2.75) is 53.8 Å². The summed E-state index contributed by atoms with van der Waals surface area (Å²) >= 11 is 0. The van der Waals surface area contributed by atoms with Gasteiger partial charge < -0.3 is 9.73 Å². The minimum absolute atomic E-state index is 0.276. The van der Waals surface area contributed by atoms with Crippen LogP contribution in [0.3, 0.4) is 0 Å². The van der Waals surface area contributed by atoms with Gasteiger partial charge in [0.05, 0.1) is 11.4 Å². The summed E-state index contributed by atoms with van der Waals surface area (Å²) in [7, 11) is 0. The highest BCUT2D eigenvalue weighted by molar-refractivity contribution is 5.23. The SMILES string of the molecule is CCn1nc(C)cc1CNC(C)c1cc(C)oc1C. The van der Waals surface area contributed by atoms with E-state index in [1.807, 2.05) is 25.5 Å². The van der Waals surface area contributed by atoms with Gasteiger partial charge in [-0.3, -0.25) is 4.68 Å². The molecule has 2 aromatic heterocycles. The monoisotopic (exact) mass is 261 g/mol. The topological polar surface area (TPSA) is 43.0 Å². The quantitative estimate of drug-likeness (QED) is 0.898. The van der Waals surface area contributed by atoms with E-state index in [4.69, 9.17) is 4.42 Å². The summed E-state index contributed by atoms with van der Waals surface area (Å²) in [5, 5.41) is 8.00. The van der Waals surface area contributed by atoms with Crippen molar-refractivity contribution in [1.29, 1.82) is 0 Å². The van der Waals surface area contributed by atoms with E-state index in [0.29, 0.717) is 0 Å². The number of furan rings is 1. The summed E-state index contributed by atoms with van der Waals surface area (Å²) in [4.78, 5) is 0. The maximum atomic E-state index is 5.58. The van der Waals surface area contributed by atoms with E-state index in [1.54, 1.807) is 0 Å². The van der Waals surface area contributed by atoms with Crippen LogP contribution in [0.25, 0.3) is 0 Å². The first-order chi connectivity index (χ1) is 9.01. The number of hydrogen-bond acceptors (Lipinski definition) is 3. The highest BCUT2D eigenvalue weighted by Crippen LogP contribution is 2.21. The van der Waals surface area contributed by atoms with Gasteiger partial charge in [0, 0.05) is 24.7 Å². The zero-order valence-electron chi connectivity index (χ0n) is 12.4. The molecule has 2 aromatic rings. The Labute approximate surface area is 114 Å². The van der Waals surface area contributed by atoms with Crippen LogP contribution in [0, 0.1) is 20.8 Å². The lowest BCUT2D eigenvalue weighted by atomic mass is 10.1. The summed E-state index contributed by atoms with van der Waals surface area (Å²) in [6.07, 6.45) is 0. The van der Waals surface area contributed by atoms with Gasteiger partial charge in [0.1, 0.15) is 11.5 Å². The predicted octanol–water partition coefficient (Wildman–Crippen LogP) is 3.27. The van der Waals surface area contributed by atoms with Crippen LogP contribution in [0.15, 0.2) is 16.5 Å². The standard InChI is InChI=1S/C15H23N3O/c1-6-18-14(7-10(2)17-18)9-16-12(4)15-8-11(3)19-13(15)5/h7-8,12,16H,6,9H2,1-5H3. The van der Waals surface area contributed by atoms with Crippen molar-refractivity contribution >= 4 is 0 Å². The van der Waals surface area contributed by atoms with Gasteiger partial charge in [-0.25, -0.2) is 0 Å². The molecule has 4 nitrogen and oxygen atoms in total. The van der Waals surface area contributed by atoms with Gasteiger partial charge in [0.2, 0.25) is 0 Å². The molecule has 0 bridgehead atoms. The molecule has 1 unspecified atom stereocenters. The molecule has 0 saturated heterocycles. The number of nitrogens with one attached hydrogen (secondary N) is 1. The molecule has 0 amide bonds. The van der Waals surface area contributed by atoms with Gasteiger partial charge >= 0.3 is 0 Å². The van der Waals surface area contributed by atoms with Crippen molar-refractivity contribution in [2.24, 2.45) is 0 Å². The average Bonchev–Trinajstić information content (AvgIpc) is 2.88.